The molecule has 1 N–H and O–H groups in total. The fourth-order valence-electron chi connectivity index (χ4n) is 3.57. The van der Waals surface area contributed by atoms with Crippen molar-refractivity contribution >= 4 is 17.5 Å². The van der Waals surface area contributed by atoms with Crippen LogP contribution in [0.5, 0.6) is 0 Å². The van der Waals surface area contributed by atoms with E-state index >= 15 is 0 Å². The van der Waals surface area contributed by atoms with Crippen LogP contribution in [0.15, 0.2) is 48.5 Å². The molecular weight excluding hydrogens is 336 g/mol. The number of carbonyl (C=O) groups is 2. The molecule has 0 bridgehead atoms. The zero-order valence-electron chi connectivity index (χ0n) is 16.4. The van der Waals surface area contributed by atoms with Crippen LogP contribution in [0.2, 0.25) is 0 Å². The lowest BCUT2D eigenvalue weighted by molar-refractivity contribution is -0.121. The minimum atomic E-state index is -0.0488. The molecule has 0 spiro atoms. The molecule has 1 saturated heterocycles. The van der Waals surface area contributed by atoms with Crippen molar-refractivity contribution in [3.05, 3.63) is 65.2 Å². The largest absolute Gasteiger partial charge is 0.339 e. The molecule has 0 atom stereocenters. The molecule has 2 aromatic rings. The molecular formula is C23H28N2O2. The summed E-state index contributed by atoms with van der Waals surface area (Å²) in [7, 11) is 0. The molecule has 4 heteroatoms. The fourth-order valence-corrected chi connectivity index (χ4v) is 3.57. The number of likely N-dealkylation sites (tertiary alicyclic amines) is 1. The first-order valence-corrected chi connectivity index (χ1v) is 9.71. The van der Waals surface area contributed by atoms with E-state index in [4.69, 9.17) is 0 Å². The lowest BCUT2D eigenvalue weighted by Gasteiger charge is -2.31. The summed E-state index contributed by atoms with van der Waals surface area (Å²) in [6, 6.07) is 15.6. The van der Waals surface area contributed by atoms with Crippen LogP contribution >= 0.6 is 0 Å². The Balaban J connectivity index is 1.58. The van der Waals surface area contributed by atoms with Crippen LogP contribution in [-0.2, 0) is 4.79 Å². The van der Waals surface area contributed by atoms with Crippen LogP contribution in [0.25, 0.3) is 0 Å². The second-order valence-corrected chi connectivity index (χ2v) is 7.66. The van der Waals surface area contributed by atoms with Gasteiger partial charge in [0.2, 0.25) is 5.91 Å². The summed E-state index contributed by atoms with van der Waals surface area (Å²) in [5.41, 5.74) is 3.91. The standard InChI is InChI=1S/C23H28N2O2/c1-16(2)20-6-4-5-7-21(20)24-22(26)18-12-14-25(15-13-18)23(27)19-10-8-17(3)9-11-19/h4-11,16,18H,12-15H2,1-3H3,(H,24,26). The average molecular weight is 364 g/mol. The van der Waals surface area contributed by atoms with E-state index in [0.29, 0.717) is 31.8 Å². The van der Waals surface area contributed by atoms with Gasteiger partial charge in [-0.25, -0.2) is 0 Å². The molecule has 0 aliphatic carbocycles. The number of hydrogen-bond acceptors (Lipinski definition) is 2. The molecule has 0 unspecified atom stereocenters. The van der Waals surface area contributed by atoms with Gasteiger partial charge in [0.25, 0.3) is 5.91 Å². The number of benzene rings is 2. The molecule has 0 aromatic heterocycles. The molecule has 1 aliphatic rings. The minimum absolute atomic E-state index is 0.0488. The number of nitrogens with one attached hydrogen (secondary N) is 1. The van der Waals surface area contributed by atoms with Gasteiger partial charge in [-0.1, -0.05) is 49.7 Å². The van der Waals surface area contributed by atoms with Crippen molar-refractivity contribution in [2.24, 2.45) is 5.92 Å². The first-order valence-electron chi connectivity index (χ1n) is 9.71. The highest BCUT2D eigenvalue weighted by Gasteiger charge is 2.28. The third-order valence-corrected chi connectivity index (χ3v) is 5.29. The van der Waals surface area contributed by atoms with E-state index in [0.717, 1.165) is 22.4 Å². The lowest BCUT2D eigenvalue weighted by Crippen LogP contribution is -2.41. The van der Waals surface area contributed by atoms with Gasteiger partial charge in [0.15, 0.2) is 0 Å². The molecule has 2 amide bonds. The maximum atomic E-state index is 12.7. The van der Waals surface area contributed by atoms with Crippen molar-refractivity contribution in [3.8, 4) is 0 Å². The second-order valence-electron chi connectivity index (χ2n) is 7.66. The third-order valence-electron chi connectivity index (χ3n) is 5.29. The van der Waals surface area contributed by atoms with Crippen LogP contribution in [-0.4, -0.2) is 29.8 Å². The zero-order chi connectivity index (χ0) is 19.4. The van der Waals surface area contributed by atoms with Gasteiger partial charge < -0.3 is 10.2 Å². The summed E-state index contributed by atoms with van der Waals surface area (Å²) in [6.45, 7) is 7.50. The number of amides is 2. The molecule has 4 nitrogen and oxygen atoms in total. The van der Waals surface area contributed by atoms with Crippen LogP contribution in [0.3, 0.4) is 0 Å². The summed E-state index contributed by atoms with van der Waals surface area (Å²) in [6.07, 6.45) is 1.40. The Morgan fingerprint density at radius 3 is 2.26 bits per heavy atom. The highest BCUT2D eigenvalue weighted by Crippen LogP contribution is 2.26. The first-order chi connectivity index (χ1) is 13.0. The topological polar surface area (TPSA) is 49.4 Å². The van der Waals surface area contributed by atoms with E-state index < -0.39 is 0 Å². The summed E-state index contributed by atoms with van der Waals surface area (Å²) < 4.78 is 0. The number of anilines is 1. The van der Waals surface area contributed by atoms with Crippen molar-refractivity contribution < 1.29 is 9.59 Å². The van der Waals surface area contributed by atoms with Gasteiger partial charge in [-0.2, -0.15) is 0 Å². The normalized spacial score (nSPS) is 15.0. The Bertz CT molecular complexity index is 803. The smallest absolute Gasteiger partial charge is 0.253 e. The van der Waals surface area contributed by atoms with E-state index in [1.165, 1.54) is 0 Å². The van der Waals surface area contributed by atoms with E-state index in [1.54, 1.807) is 0 Å². The highest BCUT2D eigenvalue weighted by atomic mass is 16.2. The number of piperidine rings is 1. The van der Waals surface area contributed by atoms with Gasteiger partial charge in [0.1, 0.15) is 0 Å². The second kappa shape index (κ2) is 8.38. The molecule has 1 heterocycles. The summed E-state index contributed by atoms with van der Waals surface area (Å²) >= 11 is 0. The number of carbonyl (C=O) groups excluding carboxylic acids is 2. The first kappa shape index (κ1) is 19.2. The van der Waals surface area contributed by atoms with Crippen LogP contribution in [0.4, 0.5) is 5.69 Å². The minimum Gasteiger partial charge on any atom is -0.339 e. The van der Waals surface area contributed by atoms with Gasteiger partial charge in [0.05, 0.1) is 0 Å². The maximum absolute atomic E-state index is 12.7. The third kappa shape index (κ3) is 4.57. The summed E-state index contributed by atoms with van der Waals surface area (Å²) in [5, 5.41) is 3.10. The lowest BCUT2D eigenvalue weighted by atomic mass is 9.94. The monoisotopic (exact) mass is 364 g/mol. The molecule has 142 valence electrons. The van der Waals surface area contributed by atoms with E-state index in [9.17, 15) is 9.59 Å². The number of para-hydroxylation sites is 1. The van der Waals surface area contributed by atoms with Gasteiger partial charge in [0, 0.05) is 30.3 Å². The Labute approximate surface area is 161 Å². The maximum Gasteiger partial charge on any atom is 0.253 e. The van der Waals surface area contributed by atoms with Crippen LogP contribution < -0.4 is 5.32 Å². The quantitative estimate of drug-likeness (QED) is 0.861. The van der Waals surface area contributed by atoms with E-state index in [2.05, 4.69) is 25.2 Å². The number of hydrogen-bond donors (Lipinski definition) is 1. The van der Waals surface area contributed by atoms with Gasteiger partial charge in [-0.3, -0.25) is 9.59 Å². The summed E-state index contributed by atoms with van der Waals surface area (Å²) in [4.78, 5) is 27.2. The Kier molecular flexibility index (Phi) is 5.94. The van der Waals surface area contributed by atoms with Crippen molar-refractivity contribution in [1.82, 2.24) is 4.90 Å². The predicted octanol–water partition coefficient (Wildman–Crippen LogP) is 4.61. The van der Waals surface area contributed by atoms with Crippen LogP contribution in [0, 0.1) is 12.8 Å². The Morgan fingerprint density at radius 1 is 1.00 bits per heavy atom. The van der Waals surface area contributed by atoms with Gasteiger partial charge in [-0.05, 0) is 49.4 Å². The molecule has 27 heavy (non-hydrogen) atoms. The SMILES string of the molecule is Cc1ccc(C(=O)N2CCC(C(=O)Nc3ccccc3C(C)C)CC2)cc1. The Morgan fingerprint density at radius 2 is 1.63 bits per heavy atom. The van der Waals surface area contributed by atoms with Crippen molar-refractivity contribution in [2.75, 3.05) is 18.4 Å². The molecule has 1 aliphatic heterocycles. The van der Waals surface area contributed by atoms with E-state index in [-0.39, 0.29) is 17.7 Å². The van der Waals surface area contributed by atoms with Gasteiger partial charge >= 0.3 is 0 Å². The van der Waals surface area contributed by atoms with Crippen molar-refractivity contribution in [1.29, 1.82) is 0 Å². The molecule has 3 rings (SSSR count). The molecule has 2 aromatic carbocycles. The Hall–Kier alpha value is -2.62. The van der Waals surface area contributed by atoms with Crippen molar-refractivity contribution in [2.45, 2.75) is 39.5 Å². The average Bonchev–Trinajstić information content (AvgIpc) is 2.68. The highest BCUT2D eigenvalue weighted by molar-refractivity contribution is 5.95. The van der Waals surface area contributed by atoms with Crippen LogP contribution in [0.1, 0.15) is 54.1 Å². The molecule has 0 radical (unpaired) electrons. The number of nitrogens with zero attached hydrogens (tertiary/aromatic N) is 1. The zero-order valence-corrected chi connectivity index (χ0v) is 16.4. The van der Waals surface area contributed by atoms with E-state index in [1.807, 2.05) is 54.3 Å². The van der Waals surface area contributed by atoms with Gasteiger partial charge in [-0.15, -0.1) is 0 Å². The molecule has 1 fully saturated rings. The number of aryl methyl sites for hydroxylation is 1. The summed E-state index contributed by atoms with van der Waals surface area (Å²) in [5.74, 6) is 0.423. The van der Waals surface area contributed by atoms with Crippen molar-refractivity contribution in [3.63, 3.8) is 0 Å². The number of rotatable bonds is 4. The fraction of sp³-hybridized carbons (Fsp3) is 0.391. The predicted molar refractivity (Wildman–Crippen MR) is 109 cm³/mol. The molecule has 0 saturated carbocycles.